The van der Waals surface area contributed by atoms with Crippen LogP contribution in [0, 0.1) is 16.7 Å². The minimum absolute atomic E-state index is 0.176. The summed E-state index contributed by atoms with van der Waals surface area (Å²) in [4.78, 5) is 0. The van der Waals surface area contributed by atoms with Crippen LogP contribution in [0.25, 0.3) is 0 Å². The molecule has 3 nitrogen and oxygen atoms in total. The van der Waals surface area contributed by atoms with Crippen molar-refractivity contribution in [3.05, 3.63) is 0 Å². The van der Waals surface area contributed by atoms with Crippen LogP contribution in [-0.4, -0.2) is 26.8 Å². The van der Waals surface area contributed by atoms with Gasteiger partial charge >= 0.3 is 0 Å². The fourth-order valence-corrected chi connectivity index (χ4v) is 1.10. The molecule has 0 aromatic rings. The molecule has 0 bridgehead atoms. The van der Waals surface area contributed by atoms with E-state index in [1.54, 1.807) is 0 Å². The molecule has 0 saturated carbocycles. The first-order chi connectivity index (χ1) is 6.62. The topological polar surface area (TPSA) is 45.0 Å². The van der Waals surface area contributed by atoms with Crippen LogP contribution in [0.1, 0.15) is 33.1 Å². The van der Waals surface area contributed by atoms with Crippen molar-refractivity contribution in [2.24, 2.45) is 5.41 Å². The predicted octanol–water partition coefficient (Wildman–Crippen LogP) is 1.94. The maximum absolute atomic E-state index is 8.78. The quantitative estimate of drug-likeness (QED) is 0.606. The van der Waals surface area contributed by atoms with Crippen LogP contribution in [0.5, 0.6) is 0 Å². The Balaban J connectivity index is 3.18. The molecule has 0 unspecified atom stereocenters. The summed E-state index contributed by atoms with van der Waals surface area (Å²) in [5.41, 5.74) is -0.176. The molecular weight excluding hydrogens is 176 g/mol. The molecule has 14 heavy (non-hydrogen) atoms. The van der Waals surface area contributed by atoms with Crippen molar-refractivity contribution in [2.45, 2.75) is 33.1 Å². The molecule has 0 atom stereocenters. The number of rotatable bonds is 8. The number of nitrogens with one attached hydrogen (secondary N) is 1. The van der Waals surface area contributed by atoms with Crippen molar-refractivity contribution < 1.29 is 4.74 Å². The molecule has 0 radical (unpaired) electrons. The summed E-state index contributed by atoms with van der Waals surface area (Å²) in [6, 6.07) is 2.30. The van der Waals surface area contributed by atoms with E-state index in [9.17, 15) is 0 Å². The highest BCUT2D eigenvalue weighted by Crippen LogP contribution is 2.21. The standard InChI is InChI=1S/C11H22N2O/c1-11(2,10-12)6-4-5-8-14-9-7-13-3/h13H,4-9H2,1-3H3. The number of nitriles is 1. The third-order valence-corrected chi connectivity index (χ3v) is 2.14. The molecule has 0 spiro atoms. The second-order valence-electron chi connectivity index (χ2n) is 4.17. The monoisotopic (exact) mass is 198 g/mol. The average molecular weight is 198 g/mol. The molecule has 3 heteroatoms. The molecule has 0 aromatic heterocycles. The first-order valence-corrected chi connectivity index (χ1v) is 5.26. The minimum Gasteiger partial charge on any atom is -0.380 e. The van der Waals surface area contributed by atoms with Gasteiger partial charge in [0.2, 0.25) is 0 Å². The maximum Gasteiger partial charge on any atom is 0.0683 e. The summed E-state index contributed by atoms with van der Waals surface area (Å²) in [5.74, 6) is 0. The zero-order chi connectivity index (χ0) is 10.9. The van der Waals surface area contributed by atoms with Crippen LogP contribution in [0.4, 0.5) is 0 Å². The van der Waals surface area contributed by atoms with Gasteiger partial charge in [-0.05, 0) is 40.2 Å². The van der Waals surface area contributed by atoms with Crippen LogP contribution in [0.15, 0.2) is 0 Å². The SMILES string of the molecule is CNCCOCCCCC(C)(C)C#N. The third kappa shape index (κ3) is 8.03. The van der Waals surface area contributed by atoms with Crippen molar-refractivity contribution in [1.82, 2.24) is 5.32 Å². The van der Waals surface area contributed by atoms with Gasteiger partial charge in [0.25, 0.3) is 0 Å². The first-order valence-electron chi connectivity index (χ1n) is 5.26. The largest absolute Gasteiger partial charge is 0.380 e. The number of ether oxygens (including phenoxy) is 1. The molecule has 0 aliphatic heterocycles. The second kappa shape index (κ2) is 7.78. The van der Waals surface area contributed by atoms with E-state index in [0.29, 0.717) is 0 Å². The summed E-state index contributed by atoms with van der Waals surface area (Å²) in [6.45, 7) is 6.45. The molecule has 0 aliphatic carbocycles. The Bertz CT molecular complexity index is 173. The van der Waals surface area contributed by atoms with Crippen LogP contribution in [-0.2, 0) is 4.74 Å². The van der Waals surface area contributed by atoms with Gasteiger partial charge in [-0.15, -0.1) is 0 Å². The van der Waals surface area contributed by atoms with E-state index < -0.39 is 0 Å². The highest BCUT2D eigenvalue weighted by Gasteiger charge is 2.15. The zero-order valence-corrected chi connectivity index (χ0v) is 9.60. The van der Waals surface area contributed by atoms with Gasteiger partial charge in [0.1, 0.15) is 0 Å². The van der Waals surface area contributed by atoms with Gasteiger partial charge in [0.05, 0.1) is 18.1 Å². The minimum atomic E-state index is -0.176. The number of hydrogen-bond acceptors (Lipinski definition) is 3. The van der Waals surface area contributed by atoms with Gasteiger partial charge in [-0.2, -0.15) is 5.26 Å². The summed E-state index contributed by atoms with van der Waals surface area (Å²) in [6.07, 6.45) is 3.08. The number of likely N-dealkylation sites (N-methyl/N-ethyl adjacent to an activating group) is 1. The molecule has 0 aliphatic rings. The van der Waals surface area contributed by atoms with Gasteiger partial charge in [-0.25, -0.2) is 0 Å². The molecule has 82 valence electrons. The van der Waals surface area contributed by atoms with Gasteiger partial charge < -0.3 is 10.1 Å². The predicted molar refractivity (Wildman–Crippen MR) is 58.0 cm³/mol. The fourth-order valence-electron chi connectivity index (χ4n) is 1.10. The Hall–Kier alpha value is -0.590. The van der Waals surface area contributed by atoms with Crippen molar-refractivity contribution in [3.63, 3.8) is 0 Å². The Kier molecular flexibility index (Phi) is 7.45. The van der Waals surface area contributed by atoms with Gasteiger partial charge in [-0.1, -0.05) is 0 Å². The highest BCUT2D eigenvalue weighted by atomic mass is 16.5. The summed E-state index contributed by atoms with van der Waals surface area (Å²) >= 11 is 0. The zero-order valence-electron chi connectivity index (χ0n) is 9.60. The van der Waals surface area contributed by atoms with Gasteiger partial charge in [-0.3, -0.25) is 0 Å². The second-order valence-corrected chi connectivity index (χ2v) is 4.17. The lowest BCUT2D eigenvalue weighted by molar-refractivity contribution is 0.131. The lowest BCUT2D eigenvalue weighted by atomic mass is 9.89. The lowest BCUT2D eigenvalue weighted by Crippen LogP contribution is -2.14. The number of nitrogens with zero attached hydrogens (tertiary/aromatic N) is 1. The average Bonchev–Trinajstić information content (AvgIpc) is 2.16. The van der Waals surface area contributed by atoms with Crippen molar-refractivity contribution >= 4 is 0 Å². The summed E-state index contributed by atoms with van der Waals surface area (Å²) in [7, 11) is 1.92. The van der Waals surface area contributed by atoms with Crippen LogP contribution in [0.2, 0.25) is 0 Å². The summed E-state index contributed by atoms with van der Waals surface area (Å²) < 4.78 is 5.38. The van der Waals surface area contributed by atoms with Gasteiger partial charge in [0.15, 0.2) is 0 Å². The molecule has 0 saturated heterocycles. The Labute approximate surface area is 87.4 Å². The van der Waals surface area contributed by atoms with Crippen LogP contribution in [0.3, 0.4) is 0 Å². The first kappa shape index (κ1) is 13.4. The molecular formula is C11H22N2O. The molecule has 0 amide bonds. The van der Waals surface area contributed by atoms with Crippen molar-refractivity contribution in [2.75, 3.05) is 26.8 Å². The van der Waals surface area contributed by atoms with Crippen LogP contribution >= 0.6 is 0 Å². The normalized spacial score (nSPS) is 11.3. The van der Waals surface area contributed by atoms with E-state index in [-0.39, 0.29) is 5.41 Å². The van der Waals surface area contributed by atoms with E-state index in [2.05, 4.69) is 11.4 Å². The van der Waals surface area contributed by atoms with E-state index in [0.717, 1.165) is 39.0 Å². The molecule has 0 aromatic carbocycles. The molecule has 0 fully saturated rings. The molecule has 0 rings (SSSR count). The van der Waals surface area contributed by atoms with E-state index in [4.69, 9.17) is 10.00 Å². The van der Waals surface area contributed by atoms with E-state index in [1.807, 2.05) is 20.9 Å². The maximum atomic E-state index is 8.78. The third-order valence-electron chi connectivity index (χ3n) is 2.14. The number of unbranched alkanes of at least 4 members (excludes halogenated alkanes) is 1. The fraction of sp³-hybridized carbons (Fsp3) is 0.909. The molecule has 0 heterocycles. The highest BCUT2D eigenvalue weighted by molar-refractivity contribution is 4.91. The lowest BCUT2D eigenvalue weighted by Gasteiger charge is -2.14. The van der Waals surface area contributed by atoms with E-state index in [1.165, 1.54) is 0 Å². The Morgan fingerprint density at radius 1 is 1.29 bits per heavy atom. The Morgan fingerprint density at radius 2 is 2.00 bits per heavy atom. The van der Waals surface area contributed by atoms with Crippen LogP contribution < -0.4 is 5.32 Å². The van der Waals surface area contributed by atoms with E-state index >= 15 is 0 Å². The molecule has 1 N–H and O–H groups in total. The number of hydrogen-bond donors (Lipinski definition) is 1. The Morgan fingerprint density at radius 3 is 2.57 bits per heavy atom. The smallest absolute Gasteiger partial charge is 0.0683 e. The van der Waals surface area contributed by atoms with Gasteiger partial charge in [0, 0.05) is 13.2 Å². The summed E-state index contributed by atoms with van der Waals surface area (Å²) in [5, 5.41) is 11.8. The van der Waals surface area contributed by atoms with Crippen molar-refractivity contribution in [1.29, 1.82) is 5.26 Å². The van der Waals surface area contributed by atoms with Crippen molar-refractivity contribution in [3.8, 4) is 6.07 Å².